The van der Waals surface area contributed by atoms with E-state index in [1.165, 1.54) is 0 Å². The molecule has 0 aliphatic rings. The highest BCUT2D eigenvalue weighted by molar-refractivity contribution is 7.92. The fraction of sp³-hybridized carbons (Fsp3) is 0.179. The van der Waals surface area contributed by atoms with Gasteiger partial charge in [-0.3, -0.25) is 4.79 Å². The maximum atomic E-state index is 13.8. The summed E-state index contributed by atoms with van der Waals surface area (Å²) in [5.41, 5.74) is 12.5. The van der Waals surface area contributed by atoms with Gasteiger partial charge >= 0.3 is 0 Å². The number of aryl methyl sites for hydroxylation is 5. The summed E-state index contributed by atoms with van der Waals surface area (Å²) in [6.45, 7) is 9.62. The van der Waals surface area contributed by atoms with Crippen molar-refractivity contribution in [3.05, 3.63) is 98.9 Å². The van der Waals surface area contributed by atoms with Crippen LogP contribution in [0.1, 0.15) is 43.1 Å². The lowest BCUT2D eigenvalue weighted by molar-refractivity contribution is 0.104. The van der Waals surface area contributed by atoms with Crippen LogP contribution in [0.15, 0.2) is 70.5 Å². The number of hydrogen-bond acceptors (Lipinski definition) is 6. The number of thiophene rings is 1. The van der Waals surface area contributed by atoms with Crippen molar-refractivity contribution < 1.29 is 13.2 Å². The first-order valence-corrected chi connectivity index (χ1v) is 13.5. The summed E-state index contributed by atoms with van der Waals surface area (Å²) < 4.78 is 27.6. The molecule has 0 saturated carbocycles. The Hall–Kier alpha value is -3.42. The van der Waals surface area contributed by atoms with Crippen molar-refractivity contribution in [3.63, 3.8) is 0 Å². The summed E-state index contributed by atoms with van der Waals surface area (Å²) in [6, 6.07) is 18.1. The fourth-order valence-corrected chi connectivity index (χ4v) is 6.88. The van der Waals surface area contributed by atoms with E-state index in [1.807, 2.05) is 65.0 Å². The van der Waals surface area contributed by atoms with Crippen LogP contribution in [0.3, 0.4) is 0 Å². The van der Waals surface area contributed by atoms with E-state index in [1.54, 1.807) is 30.3 Å². The van der Waals surface area contributed by atoms with Crippen LogP contribution in [-0.2, 0) is 9.84 Å². The van der Waals surface area contributed by atoms with Gasteiger partial charge in [0.15, 0.2) is 0 Å². The number of ketones is 1. The van der Waals surface area contributed by atoms with Gasteiger partial charge in [-0.1, -0.05) is 53.6 Å². The molecule has 0 unspecified atom stereocenters. The second-order valence-electron chi connectivity index (χ2n) is 8.91. The molecule has 5 nitrogen and oxygen atoms in total. The Labute approximate surface area is 210 Å². The van der Waals surface area contributed by atoms with Crippen LogP contribution in [0.5, 0.6) is 0 Å². The lowest BCUT2D eigenvalue weighted by Gasteiger charge is -2.12. The number of nitrogen functional groups attached to an aromatic ring is 1. The maximum absolute atomic E-state index is 13.8. The number of anilines is 3. The number of nitrogens with one attached hydrogen (secondary N) is 1. The smallest absolute Gasteiger partial charge is 0.211 e. The molecule has 0 spiro atoms. The first kappa shape index (κ1) is 24.7. The Morgan fingerprint density at radius 3 is 2.06 bits per heavy atom. The molecule has 0 aliphatic carbocycles. The molecule has 7 heteroatoms. The normalized spacial score (nSPS) is 11.5. The largest absolute Gasteiger partial charge is 0.396 e. The summed E-state index contributed by atoms with van der Waals surface area (Å²) in [7, 11) is -4.00. The topological polar surface area (TPSA) is 89.3 Å². The van der Waals surface area contributed by atoms with E-state index in [9.17, 15) is 13.2 Å². The summed E-state index contributed by atoms with van der Waals surface area (Å²) in [5, 5.41) is 3.59. The number of hydrogen-bond donors (Lipinski definition) is 2. The molecule has 180 valence electrons. The standard InChI is InChI=1S/C28H28N2O3S2/c1-16-7-11-21(12-8-16)35(32,33)27-24(29)26(25(31)22-13-9-17(2)14-20(22)5)34-28(27)30-23-15-18(3)6-10-19(23)4/h6-15,30H,29H2,1-5H3. The van der Waals surface area contributed by atoms with Gasteiger partial charge in [0.2, 0.25) is 15.6 Å². The predicted octanol–water partition coefficient (Wildman–Crippen LogP) is 6.68. The van der Waals surface area contributed by atoms with Crippen LogP contribution in [0.25, 0.3) is 0 Å². The molecule has 4 rings (SSSR count). The quantitative estimate of drug-likeness (QED) is 0.286. The Balaban J connectivity index is 1.92. The zero-order chi connectivity index (χ0) is 25.5. The predicted molar refractivity (Wildman–Crippen MR) is 144 cm³/mol. The van der Waals surface area contributed by atoms with Crippen LogP contribution in [-0.4, -0.2) is 14.2 Å². The molecule has 1 aromatic heterocycles. The molecule has 0 radical (unpaired) electrons. The maximum Gasteiger partial charge on any atom is 0.211 e. The fourth-order valence-electron chi connectivity index (χ4n) is 3.97. The first-order chi connectivity index (χ1) is 16.5. The summed E-state index contributed by atoms with van der Waals surface area (Å²) in [6.07, 6.45) is 0. The van der Waals surface area contributed by atoms with Gasteiger partial charge in [0.1, 0.15) is 14.8 Å². The van der Waals surface area contributed by atoms with Gasteiger partial charge in [-0.15, -0.1) is 11.3 Å². The zero-order valence-electron chi connectivity index (χ0n) is 20.4. The van der Waals surface area contributed by atoms with Crippen LogP contribution in [0, 0.1) is 34.6 Å². The summed E-state index contributed by atoms with van der Waals surface area (Å²) in [5.74, 6) is -0.292. The molecule has 3 aromatic carbocycles. The lowest BCUT2D eigenvalue weighted by Crippen LogP contribution is -2.09. The molecule has 0 saturated heterocycles. The van der Waals surface area contributed by atoms with Gasteiger partial charge in [0, 0.05) is 11.3 Å². The van der Waals surface area contributed by atoms with E-state index in [0.29, 0.717) is 10.6 Å². The van der Waals surface area contributed by atoms with Crippen molar-refractivity contribution in [2.45, 2.75) is 44.4 Å². The van der Waals surface area contributed by atoms with E-state index in [4.69, 9.17) is 5.73 Å². The third-order valence-electron chi connectivity index (χ3n) is 5.97. The first-order valence-electron chi connectivity index (χ1n) is 11.2. The van der Waals surface area contributed by atoms with Crippen LogP contribution in [0.2, 0.25) is 0 Å². The van der Waals surface area contributed by atoms with Gasteiger partial charge in [-0.05, 0) is 69.5 Å². The minimum absolute atomic E-state index is 0.0339. The third kappa shape index (κ3) is 4.74. The Bertz CT molecular complexity index is 1550. The minimum atomic E-state index is -4.00. The molecule has 3 N–H and O–H groups in total. The SMILES string of the molecule is Cc1ccc(S(=O)(=O)c2c(Nc3cc(C)ccc3C)sc(C(=O)c3ccc(C)cc3C)c2N)cc1. The van der Waals surface area contributed by atoms with Crippen molar-refractivity contribution in [1.29, 1.82) is 0 Å². The van der Waals surface area contributed by atoms with E-state index in [-0.39, 0.29) is 26.1 Å². The van der Waals surface area contributed by atoms with E-state index in [2.05, 4.69) is 5.32 Å². The van der Waals surface area contributed by atoms with Crippen molar-refractivity contribution in [2.24, 2.45) is 0 Å². The van der Waals surface area contributed by atoms with Gasteiger partial charge < -0.3 is 11.1 Å². The van der Waals surface area contributed by atoms with Crippen LogP contribution in [0.4, 0.5) is 16.4 Å². The van der Waals surface area contributed by atoms with Crippen molar-refractivity contribution in [2.75, 3.05) is 11.1 Å². The molecule has 0 aliphatic heterocycles. The number of sulfone groups is 1. The van der Waals surface area contributed by atoms with Crippen LogP contribution < -0.4 is 11.1 Å². The number of carbonyl (C=O) groups is 1. The second kappa shape index (κ2) is 9.32. The summed E-state index contributed by atoms with van der Waals surface area (Å²) >= 11 is 1.07. The molecule has 4 aromatic rings. The Morgan fingerprint density at radius 1 is 0.800 bits per heavy atom. The molecular weight excluding hydrogens is 476 g/mol. The van der Waals surface area contributed by atoms with Crippen molar-refractivity contribution in [3.8, 4) is 0 Å². The van der Waals surface area contributed by atoms with Crippen molar-refractivity contribution >= 4 is 43.3 Å². The number of nitrogens with two attached hydrogens (primary N) is 1. The minimum Gasteiger partial charge on any atom is -0.396 e. The van der Waals surface area contributed by atoms with E-state index in [0.717, 1.165) is 44.8 Å². The lowest BCUT2D eigenvalue weighted by atomic mass is 10.0. The monoisotopic (exact) mass is 504 g/mol. The highest BCUT2D eigenvalue weighted by Gasteiger charge is 2.32. The molecule has 0 fully saturated rings. The number of rotatable bonds is 6. The molecule has 0 bridgehead atoms. The van der Waals surface area contributed by atoms with Gasteiger partial charge in [0.25, 0.3) is 0 Å². The van der Waals surface area contributed by atoms with Gasteiger partial charge in [0.05, 0.1) is 10.6 Å². The number of carbonyl (C=O) groups excluding carboxylic acids is 1. The zero-order valence-corrected chi connectivity index (χ0v) is 22.0. The third-order valence-corrected chi connectivity index (χ3v) is 9.08. The highest BCUT2D eigenvalue weighted by Crippen LogP contribution is 2.44. The molecule has 35 heavy (non-hydrogen) atoms. The molecule has 0 amide bonds. The van der Waals surface area contributed by atoms with E-state index >= 15 is 0 Å². The van der Waals surface area contributed by atoms with Crippen LogP contribution >= 0.6 is 11.3 Å². The van der Waals surface area contributed by atoms with E-state index < -0.39 is 9.84 Å². The Kier molecular flexibility index (Phi) is 6.58. The average Bonchev–Trinajstić information content (AvgIpc) is 3.12. The highest BCUT2D eigenvalue weighted by atomic mass is 32.2. The number of benzene rings is 3. The molecule has 0 atom stereocenters. The summed E-state index contributed by atoms with van der Waals surface area (Å²) in [4.78, 5) is 13.8. The Morgan fingerprint density at radius 2 is 1.40 bits per heavy atom. The van der Waals surface area contributed by atoms with Gasteiger partial charge in [-0.2, -0.15) is 0 Å². The average molecular weight is 505 g/mol. The molecular formula is C28H28N2O3S2. The second-order valence-corrected chi connectivity index (χ2v) is 11.8. The molecule has 1 heterocycles. The van der Waals surface area contributed by atoms with Crippen molar-refractivity contribution in [1.82, 2.24) is 0 Å². The van der Waals surface area contributed by atoms with Gasteiger partial charge in [-0.25, -0.2) is 8.42 Å².